The Balaban J connectivity index is 1.20. The Labute approximate surface area is 282 Å². The first-order valence-corrected chi connectivity index (χ1v) is 16.8. The predicted molar refractivity (Wildman–Crippen MR) is 205 cm³/mol. The number of rotatable bonds is 5. The van der Waals surface area contributed by atoms with Crippen LogP contribution in [0.2, 0.25) is 0 Å². The lowest BCUT2D eigenvalue weighted by molar-refractivity contribution is 0.661. The number of fused-ring (bicyclic) bond motifs is 7. The van der Waals surface area contributed by atoms with Crippen molar-refractivity contribution in [2.24, 2.45) is 0 Å². The van der Waals surface area contributed by atoms with Gasteiger partial charge in [0.1, 0.15) is 0 Å². The highest BCUT2D eigenvalue weighted by Gasteiger charge is 2.36. The molecule has 0 bridgehead atoms. The molecule has 0 atom stereocenters. The first kappa shape index (κ1) is 28.3. The smallest absolute Gasteiger partial charge is 0.0468 e. The van der Waals surface area contributed by atoms with Gasteiger partial charge >= 0.3 is 0 Å². The van der Waals surface area contributed by atoms with E-state index in [1.165, 1.54) is 66.1 Å². The van der Waals surface area contributed by atoms with Crippen LogP contribution < -0.4 is 4.90 Å². The highest BCUT2D eigenvalue weighted by atomic mass is 15.1. The number of benzene rings is 8. The number of anilines is 3. The maximum Gasteiger partial charge on any atom is 0.0468 e. The third-order valence-corrected chi connectivity index (χ3v) is 10.3. The highest BCUT2D eigenvalue weighted by molar-refractivity contribution is 6.17. The summed E-state index contributed by atoms with van der Waals surface area (Å²) in [5.74, 6) is 0. The zero-order chi connectivity index (χ0) is 32.2. The molecular weight excluding hydrogens is 579 g/mol. The van der Waals surface area contributed by atoms with Crippen LogP contribution in [0.3, 0.4) is 0 Å². The van der Waals surface area contributed by atoms with Gasteiger partial charge < -0.3 is 4.90 Å². The van der Waals surface area contributed by atoms with E-state index in [-0.39, 0.29) is 5.41 Å². The third kappa shape index (κ3) is 4.54. The molecule has 228 valence electrons. The third-order valence-electron chi connectivity index (χ3n) is 10.3. The standard InChI is InChI=1S/C47H35N/c1-47(2)43-16-10-9-15-42(43)46-44(47)30-23-36-17-18-37-31-40(28-29-41(37)45(36)46)48(38-24-19-34(20-25-38)32-11-5-3-6-12-32)39-26-21-35(22-27-39)33-13-7-4-8-14-33/h3-31H,1-2H3. The van der Waals surface area contributed by atoms with Gasteiger partial charge in [0.25, 0.3) is 0 Å². The van der Waals surface area contributed by atoms with Gasteiger partial charge in [-0.1, -0.05) is 153 Å². The van der Waals surface area contributed by atoms with Gasteiger partial charge in [0.2, 0.25) is 0 Å². The second-order valence-electron chi connectivity index (χ2n) is 13.4. The highest BCUT2D eigenvalue weighted by Crippen LogP contribution is 2.52. The molecule has 8 aromatic rings. The van der Waals surface area contributed by atoms with Crippen molar-refractivity contribution in [1.29, 1.82) is 0 Å². The summed E-state index contributed by atoms with van der Waals surface area (Å²) in [5, 5.41) is 5.16. The zero-order valence-corrected chi connectivity index (χ0v) is 27.2. The largest absolute Gasteiger partial charge is 0.310 e. The molecule has 0 N–H and O–H groups in total. The van der Waals surface area contributed by atoms with Crippen molar-refractivity contribution in [2.75, 3.05) is 4.90 Å². The van der Waals surface area contributed by atoms with Crippen molar-refractivity contribution in [1.82, 2.24) is 0 Å². The van der Waals surface area contributed by atoms with Crippen LogP contribution >= 0.6 is 0 Å². The number of hydrogen-bond acceptors (Lipinski definition) is 1. The molecule has 0 unspecified atom stereocenters. The van der Waals surface area contributed by atoms with Crippen molar-refractivity contribution in [2.45, 2.75) is 19.3 Å². The molecular formula is C47H35N. The SMILES string of the molecule is CC1(C)c2ccccc2-c2c1ccc1ccc3cc(N(c4ccc(-c5ccccc5)cc4)c4ccc(-c5ccccc5)cc4)ccc3c21. The lowest BCUT2D eigenvalue weighted by Crippen LogP contribution is -2.14. The van der Waals surface area contributed by atoms with Crippen LogP contribution in [0.1, 0.15) is 25.0 Å². The van der Waals surface area contributed by atoms with Crippen molar-refractivity contribution < 1.29 is 0 Å². The lowest BCUT2D eigenvalue weighted by Gasteiger charge is -2.26. The van der Waals surface area contributed by atoms with Crippen LogP contribution in [0.15, 0.2) is 176 Å². The van der Waals surface area contributed by atoms with Gasteiger partial charge in [-0.05, 0) is 102 Å². The van der Waals surface area contributed by atoms with Crippen LogP contribution in [-0.2, 0) is 5.41 Å². The van der Waals surface area contributed by atoms with Crippen molar-refractivity contribution in [3.8, 4) is 33.4 Å². The molecule has 1 aliphatic rings. The molecule has 0 amide bonds. The minimum Gasteiger partial charge on any atom is -0.310 e. The van der Waals surface area contributed by atoms with Crippen LogP contribution in [0.25, 0.3) is 54.9 Å². The predicted octanol–water partition coefficient (Wildman–Crippen LogP) is 13.1. The minimum atomic E-state index is -0.0309. The van der Waals surface area contributed by atoms with Gasteiger partial charge in [0.05, 0.1) is 0 Å². The van der Waals surface area contributed by atoms with Crippen LogP contribution in [0, 0.1) is 0 Å². The van der Waals surface area contributed by atoms with E-state index in [1.807, 2.05) is 0 Å². The molecule has 9 rings (SSSR count). The lowest BCUT2D eigenvalue weighted by atomic mass is 9.82. The van der Waals surface area contributed by atoms with E-state index < -0.39 is 0 Å². The van der Waals surface area contributed by atoms with Gasteiger partial charge in [-0.2, -0.15) is 0 Å². The molecule has 0 aliphatic heterocycles. The van der Waals surface area contributed by atoms with Gasteiger partial charge in [-0.25, -0.2) is 0 Å². The van der Waals surface area contributed by atoms with Crippen molar-refractivity contribution >= 4 is 38.6 Å². The molecule has 1 nitrogen and oxygen atoms in total. The van der Waals surface area contributed by atoms with Gasteiger partial charge in [-0.3, -0.25) is 0 Å². The summed E-state index contributed by atoms with van der Waals surface area (Å²) in [4.78, 5) is 2.38. The van der Waals surface area contributed by atoms with E-state index >= 15 is 0 Å². The second kappa shape index (κ2) is 11.1. The van der Waals surface area contributed by atoms with Crippen LogP contribution in [-0.4, -0.2) is 0 Å². The molecule has 0 saturated carbocycles. The average Bonchev–Trinajstić information content (AvgIpc) is 3.39. The van der Waals surface area contributed by atoms with Crippen LogP contribution in [0.4, 0.5) is 17.1 Å². The van der Waals surface area contributed by atoms with Gasteiger partial charge in [0.15, 0.2) is 0 Å². The van der Waals surface area contributed by atoms with E-state index in [1.54, 1.807) is 0 Å². The molecule has 1 aliphatic carbocycles. The molecule has 0 heterocycles. The summed E-state index contributed by atoms with van der Waals surface area (Å²) < 4.78 is 0. The summed E-state index contributed by atoms with van der Waals surface area (Å²) >= 11 is 0. The van der Waals surface area contributed by atoms with E-state index in [0.717, 1.165) is 17.1 Å². The molecule has 0 spiro atoms. The van der Waals surface area contributed by atoms with Crippen molar-refractivity contribution in [3.05, 3.63) is 187 Å². The summed E-state index contributed by atoms with van der Waals surface area (Å²) in [6.45, 7) is 4.72. The Bertz CT molecular complexity index is 2360. The Kier molecular flexibility index (Phi) is 6.55. The normalized spacial score (nSPS) is 13.0. The van der Waals surface area contributed by atoms with Crippen LogP contribution in [0.5, 0.6) is 0 Å². The Hall–Kier alpha value is -5.92. The van der Waals surface area contributed by atoms with E-state index in [2.05, 4.69) is 195 Å². The quantitative estimate of drug-likeness (QED) is 0.175. The fourth-order valence-electron chi connectivity index (χ4n) is 7.79. The fraction of sp³-hybridized carbons (Fsp3) is 0.0638. The van der Waals surface area contributed by atoms with Gasteiger partial charge in [-0.15, -0.1) is 0 Å². The molecule has 1 heteroatoms. The number of nitrogens with zero attached hydrogens (tertiary/aromatic N) is 1. The second-order valence-corrected chi connectivity index (χ2v) is 13.4. The average molecular weight is 614 g/mol. The molecule has 0 radical (unpaired) electrons. The monoisotopic (exact) mass is 613 g/mol. The van der Waals surface area contributed by atoms with E-state index in [0.29, 0.717) is 0 Å². The molecule has 48 heavy (non-hydrogen) atoms. The van der Waals surface area contributed by atoms with E-state index in [9.17, 15) is 0 Å². The first-order chi connectivity index (χ1) is 23.6. The Morgan fingerprint density at radius 3 is 1.52 bits per heavy atom. The Morgan fingerprint density at radius 1 is 0.396 bits per heavy atom. The molecule has 0 fully saturated rings. The maximum atomic E-state index is 2.38. The maximum absolute atomic E-state index is 2.38. The molecule has 0 aromatic heterocycles. The molecule has 0 saturated heterocycles. The van der Waals surface area contributed by atoms with Gasteiger partial charge in [0, 0.05) is 22.5 Å². The zero-order valence-electron chi connectivity index (χ0n) is 27.2. The molecule has 8 aromatic carbocycles. The topological polar surface area (TPSA) is 3.24 Å². The fourth-order valence-corrected chi connectivity index (χ4v) is 7.79. The first-order valence-electron chi connectivity index (χ1n) is 16.8. The summed E-state index contributed by atoms with van der Waals surface area (Å²) in [5.41, 5.74) is 13.8. The van der Waals surface area contributed by atoms with Crippen molar-refractivity contribution in [3.63, 3.8) is 0 Å². The number of hydrogen-bond donors (Lipinski definition) is 0. The summed E-state index contributed by atoms with van der Waals surface area (Å²) in [6.07, 6.45) is 0. The minimum absolute atomic E-state index is 0.0309. The Morgan fingerprint density at radius 2 is 0.896 bits per heavy atom. The summed E-state index contributed by atoms with van der Waals surface area (Å²) in [6, 6.07) is 64.2. The summed E-state index contributed by atoms with van der Waals surface area (Å²) in [7, 11) is 0. The van der Waals surface area contributed by atoms with E-state index in [4.69, 9.17) is 0 Å².